The summed E-state index contributed by atoms with van der Waals surface area (Å²) in [6.45, 7) is 1.69. The SMILES string of the molecule is C/C(=C\Cn1cc(S(C)(=O)=O)cn1)C(=O)O. The number of hydrogen-bond donors (Lipinski definition) is 1. The van der Waals surface area contributed by atoms with E-state index in [4.69, 9.17) is 5.11 Å². The molecule has 0 amide bonds. The van der Waals surface area contributed by atoms with E-state index in [9.17, 15) is 13.2 Å². The molecule has 0 bridgehead atoms. The number of allylic oxidation sites excluding steroid dienone is 1. The molecule has 0 aliphatic rings. The van der Waals surface area contributed by atoms with E-state index in [1.807, 2.05) is 0 Å². The summed E-state index contributed by atoms with van der Waals surface area (Å²) in [5, 5.41) is 12.4. The van der Waals surface area contributed by atoms with Crippen molar-refractivity contribution in [2.24, 2.45) is 0 Å². The Balaban J connectivity index is 2.82. The number of carboxylic acid groups (broad SMARTS) is 1. The number of aromatic nitrogens is 2. The second kappa shape index (κ2) is 4.48. The molecule has 6 nitrogen and oxygen atoms in total. The summed E-state index contributed by atoms with van der Waals surface area (Å²) in [4.78, 5) is 10.6. The Kier molecular flexibility index (Phi) is 3.48. The molecule has 0 saturated carbocycles. The van der Waals surface area contributed by atoms with Crippen LogP contribution in [0.25, 0.3) is 0 Å². The third-order valence-electron chi connectivity index (χ3n) is 1.96. The minimum Gasteiger partial charge on any atom is -0.478 e. The van der Waals surface area contributed by atoms with E-state index in [0.29, 0.717) is 0 Å². The summed E-state index contributed by atoms with van der Waals surface area (Å²) in [6.07, 6.45) is 5.15. The lowest BCUT2D eigenvalue weighted by Gasteiger charge is -1.96. The maximum Gasteiger partial charge on any atom is 0.331 e. The maximum atomic E-state index is 11.1. The van der Waals surface area contributed by atoms with Crippen LogP contribution in [0.5, 0.6) is 0 Å². The second-order valence-electron chi connectivity index (χ2n) is 3.36. The van der Waals surface area contributed by atoms with Crippen molar-refractivity contribution in [2.75, 3.05) is 6.26 Å². The Labute approximate surface area is 93.1 Å². The van der Waals surface area contributed by atoms with Crippen LogP contribution in [-0.2, 0) is 21.2 Å². The highest BCUT2D eigenvalue weighted by Gasteiger charge is 2.09. The van der Waals surface area contributed by atoms with Gasteiger partial charge in [0.15, 0.2) is 9.84 Å². The van der Waals surface area contributed by atoms with E-state index in [1.54, 1.807) is 0 Å². The van der Waals surface area contributed by atoms with Crippen LogP contribution >= 0.6 is 0 Å². The Bertz CT molecular complexity index is 527. The summed E-state index contributed by atoms with van der Waals surface area (Å²) in [5.41, 5.74) is 0.191. The van der Waals surface area contributed by atoms with Crippen molar-refractivity contribution < 1.29 is 18.3 Å². The van der Waals surface area contributed by atoms with Gasteiger partial charge in [0, 0.05) is 18.0 Å². The van der Waals surface area contributed by atoms with E-state index >= 15 is 0 Å². The van der Waals surface area contributed by atoms with Gasteiger partial charge in [-0.3, -0.25) is 4.68 Å². The molecule has 0 fully saturated rings. The van der Waals surface area contributed by atoms with Crippen LogP contribution in [0, 0.1) is 0 Å². The van der Waals surface area contributed by atoms with Crippen molar-refractivity contribution in [2.45, 2.75) is 18.4 Å². The first-order chi connectivity index (χ1) is 7.30. The fourth-order valence-electron chi connectivity index (χ4n) is 0.954. The highest BCUT2D eigenvalue weighted by Crippen LogP contribution is 2.06. The average Bonchev–Trinajstić information content (AvgIpc) is 2.61. The largest absolute Gasteiger partial charge is 0.478 e. The standard InChI is InChI=1S/C9H12N2O4S/c1-7(9(12)13)3-4-11-6-8(5-10-11)16(2,14)15/h3,5-6H,4H2,1-2H3,(H,12,13)/b7-3+. The molecule has 1 aromatic rings. The van der Waals surface area contributed by atoms with Crippen LogP contribution in [-0.4, -0.2) is 35.5 Å². The molecule has 0 aliphatic carbocycles. The Morgan fingerprint density at radius 2 is 2.25 bits per heavy atom. The zero-order valence-corrected chi connectivity index (χ0v) is 9.73. The second-order valence-corrected chi connectivity index (χ2v) is 5.38. The third-order valence-corrected chi connectivity index (χ3v) is 3.03. The van der Waals surface area contributed by atoms with Crippen molar-refractivity contribution in [1.82, 2.24) is 9.78 Å². The molecular weight excluding hydrogens is 232 g/mol. The number of sulfone groups is 1. The van der Waals surface area contributed by atoms with E-state index in [-0.39, 0.29) is 17.0 Å². The zero-order chi connectivity index (χ0) is 12.3. The summed E-state index contributed by atoms with van der Waals surface area (Å²) >= 11 is 0. The summed E-state index contributed by atoms with van der Waals surface area (Å²) < 4.78 is 23.6. The summed E-state index contributed by atoms with van der Waals surface area (Å²) in [6, 6.07) is 0. The molecule has 0 aromatic carbocycles. The van der Waals surface area contributed by atoms with Gasteiger partial charge in [-0.15, -0.1) is 0 Å². The summed E-state index contributed by atoms with van der Waals surface area (Å²) in [7, 11) is -3.26. The number of carbonyl (C=O) groups is 1. The molecule has 0 unspecified atom stereocenters. The van der Waals surface area contributed by atoms with E-state index < -0.39 is 15.8 Å². The lowest BCUT2D eigenvalue weighted by Crippen LogP contribution is -2.01. The van der Waals surface area contributed by atoms with Gasteiger partial charge in [0.05, 0.1) is 12.7 Å². The van der Waals surface area contributed by atoms with Crippen molar-refractivity contribution in [3.8, 4) is 0 Å². The monoisotopic (exact) mass is 244 g/mol. The first kappa shape index (κ1) is 12.4. The quantitative estimate of drug-likeness (QED) is 0.770. The number of nitrogens with zero attached hydrogens (tertiary/aromatic N) is 2. The van der Waals surface area contributed by atoms with Gasteiger partial charge in [-0.25, -0.2) is 13.2 Å². The molecule has 88 valence electrons. The van der Waals surface area contributed by atoms with Crippen LogP contribution in [0.1, 0.15) is 6.92 Å². The number of aliphatic carboxylic acids is 1. The molecule has 1 rings (SSSR count). The Morgan fingerprint density at radius 1 is 1.62 bits per heavy atom. The number of carboxylic acids is 1. The first-order valence-corrected chi connectivity index (χ1v) is 6.32. The third kappa shape index (κ3) is 3.20. The molecule has 1 aromatic heterocycles. The molecule has 0 aliphatic heterocycles. The van der Waals surface area contributed by atoms with Crippen LogP contribution in [0.2, 0.25) is 0 Å². The van der Waals surface area contributed by atoms with Gasteiger partial charge in [-0.1, -0.05) is 6.08 Å². The minimum absolute atomic E-state index is 0.119. The van der Waals surface area contributed by atoms with E-state index in [2.05, 4.69) is 5.10 Å². The molecule has 0 atom stereocenters. The highest BCUT2D eigenvalue weighted by molar-refractivity contribution is 7.90. The molecule has 16 heavy (non-hydrogen) atoms. The molecule has 1 N–H and O–H groups in total. The first-order valence-electron chi connectivity index (χ1n) is 4.43. The molecule has 0 spiro atoms. The van der Waals surface area contributed by atoms with Crippen LogP contribution in [0.4, 0.5) is 0 Å². The topological polar surface area (TPSA) is 89.3 Å². The van der Waals surface area contributed by atoms with Gasteiger partial charge in [0.2, 0.25) is 0 Å². The van der Waals surface area contributed by atoms with Crippen LogP contribution in [0.15, 0.2) is 28.9 Å². The minimum atomic E-state index is -3.26. The Hall–Kier alpha value is -1.63. The number of hydrogen-bond acceptors (Lipinski definition) is 4. The fourth-order valence-corrected chi connectivity index (χ4v) is 1.51. The highest BCUT2D eigenvalue weighted by atomic mass is 32.2. The lowest BCUT2D eigenvalue weighted by atomic mass is 10.3. The summed E-state index contributed by atoms with van der Waals surface area (Å²) in [5.74, 6) is -1.00. The average molecular weight is 244 g/mol. The van der Waals surface area contributed by atoms with E-state index in [0.717, 1.165) is 6.26 Å². The van der Waals surface area contributed by atoms with Crippen molar-refractivity contribution in [3.63, 3.8) is 0 Å². The predicted molar refractivity (Wildman–Crippen MR) is 56.7 cm³/mol. The predicted octanol–water partition coefficient (Wildman–Crippen LogP) is 0.318. The van der Waals surface area contributed by atoms with Crippen LogP contribution < -0.4 is 0 Å². The van der Waals surface area contributed by atoms with Crippen molar-refractivity contribution in [3.05, 3.63) is 24.0 Å². The van der Waals surface area contributed by atoms with Gasteiger partial charge < -0.3 is 5.11 Å². The molecular formula is C9H12N2O4S. The van der Waals surface area contributed by atoms with Crippen LogP contribution in [0.3, 0.4) is 0 Å². The number of rotatable bonds is 4. The maximum absolute atomic E-state index is 11.1. The fraction of sp³-hybridized carbons (Fsp3) is 0.333. The van der Waals surface area contributed by atoms with Gasteiger partial charge in [0.1, 0.15) is 4.90 Å². The van der Waals surface area contributed by atoms with Gasteiger partial charge >= 0.3 is 5.97 Å². The molecule has 0 saturated heterocycles. The van der Waals surface area contributed by atoms with Crippen molar-refractivity contribution >= 4 is 15.8 Å². The molecule has 1 heterocycles. The molecule has 0 radical (unpaired) electrons. The molecule has 7 heteroatoms. The van der Waals surface area contributed by atoms with Gasteiger partial charge in [-0.2, -0.15) is 5.10 Å². The lowest BCUT2D eigenvalue weighted by molar-refractivity contribution is -0.132. The van der Waals surface area contributed by atoms with Gasteiger partial charge in [0.25, 0.3) is 0 Å². The van der Waals surface area contributed by atoms with Gasteiger partial charge in [-0.05, 0) is 6.92 Å². The van der Waals surface area contributed by atoms with Crippen molar-refractivity contribution in [1.29, 1.82) is 0 Å². The Morgan fingerprint density at radius 3 is 2.69 bits per heavy atom. The van der Waals surface area contributed by atoms with E-state index in [1.165, 1.54) is 30.1 Å². The zero-order valence-electron chi connectivity index (χ0n) is 8.91. The smallest absolute Gasteiger partial charge is 0.331 e. The normalized spacial score (nSPS) is 12.8.